The normalized spacial score (nSPS) is 11.1. The molecule has 7 heteroatoms. The van der Waals surface area contributed by atoms with Crippen molar-refractivity contribution < 1.29 is 17.9 Å². The highest BCUT2D eigenvalue weighted by molar-refractivity contribution is 7.92. The zero-order valence-corrected chi connectivity index (χ0v) is 11.8. The molecule has 3 N–H and O–H groups in total. The van der Waals surface area contributed by atoms with Crippen molar-refractivity contribution in [2.24, 2.45) is 0 Å². The van der Waals surface area contributed by atoms with Crippen LogP contribution in [0.1, 0.15) is 18.9 Å². The zero-order valence-electron chi connectivity index (χ0n) is 11.0. The summed E-state index contributed by atoms with van der Waals surface area (Å²) in [5.41, 5.74) is 7.27. The fraction of sp³-hybridized carbons (Fsp3) is 0.417. The van der Waals surface area contributed by atoms with Gasteiger partial charge in [0, 0.05) is 5.69 Å². The molecule has 1 rings (SSSR count). The van der Waals surface area contributed by atoms with Gasteiger partial charge in [-0.2, -0.15) is 0 Å². The average Bonchev–Trinajstić information content (AvgIpc) is 2.33. The Morgan fingerprint density at radius 3 is 2.74 bits per heavy atom. The number of rotatable bonds is 6. The number of nitrogen functional groups attached to an aromatic ring is 1. The average molecular weight is 286 g/mol. The van der Waals surface area contributed by atoms with Gasteiger partial charge in [-0.15, -0.1) is 0 Å². The molecule has 0 aliphatic carbocycles. The van der Waals surface area contributed by atoms with Crippen LogP contribution in [0.5, 0.6) is 0 Å². The van der Waals surface area contributed by atoms with Crippen LogP contribution in [-0.4, -0.2) is 26.7 Å². The van der Waals surface area contributed by atoms with Crippen molar-refractivity contribution >= 4 is 27.4 Å². The maximum atomic E-state index is 11.8. The number of hydrogen-bond donors (Lipinski definition) is 2. The molecule has 0 spiro atoms. The van der Waals surface area contributed by atoms with E-state index >= 15 is 0 Å². The van der Waals surface area contributed by atoms with E-state index in [-0.39, 0.29) is 18.8 Å². The van der Waals surface area contributed by atoms with Crippen molar-refractivity contribution in [3.8, 4) is 0 Å². The number of esters is 1. The van der Waals surface area contributed by atoms with E-state index in [9.17, 15) is 13.2 Å². The second kappa shape index (κ2) is 6.42. The summed E-state index contributed by atoms with van der Waals surface area (Å²) in [7, 11) is -3.59. The van der Waals surface area contributed by atoms with Crippen LogP contribution in [0.3, 0.4) is 0 Å². The molecule has 1 aromatic carbocycles. The van der Waals surface area contributed by atoms with Crippen molar-refractivity contribution in [3.05, 3.63) is 23.8 Å². The van der Waals surface area contributed by atoms with Crippen LogP contribution >= 0.6 is 0 Å². The van der Waals surface area contributed by atoms with Gasteiger partial charge < -0.3 is 10.5 Å². The maximum absolute atomic E-state index is 11.8. The number of ether oxygens (including phenoxy) is 1. The molecule has 0 radical (unpaired) electrons. The first-order valence-electron chi connectivity index (χ1n) is 5.87. The minimum atomic E-state index is -3.59. The molecule has 0 amide bonds. The molecule has 0 aromatic heterocycles. The van der Waals surface area contributed by atoms with Gasteiger partial charge in [-0.1, -0.05) is 6.07 Å². The molecule has 0 unspecified atom stereocenters. The number of nitrogens with one attached hydrogen (secondary N) is 1. The molecule has 6 nitrogen and oxygen atoms in total. The number of carbonyl (C=O) groups is 1. The topological polar surface area (TPSA) is 98.5 Å². The number of anilines is 2. The Labute approximate surface area is 113 Å². The number of nitrogens with two attached hydrogens (primary N) is 1. The van der Waals surface area contributed by atoms with Crippen molar-refractivity contribution in [2.75, 3.05) is 22.8 Å². The molecule has 19 heavy (non-hydrogen) atoms. The van der Waals surface area contributed by atoms with Crippen LogP contribution in [0.4, 0.5) is 11.4 Å². The predicted octanol–water partition coefficient (Wildman–Crippen LogP) is 1.27. The second-order valence-electron chi connectivity index (χ2n) is 4.00. The second-order valence-corrected chi connectivity index (χ2v) is 5.84. The van der Waals surface area contributed by atoms with Crippen LogP contribution < -0.4 is 10.5 Å². The van der Waals surface area contributed by atoms with E-state index in [4.69, 9.17) is 5.73 Å². The Morgan fingerprint density at radius 2 is 2.11 bits per heavy atom. The minimum Gasteiger partial charge on any atom is -0.466 e. The summed E-state index contributed by atoms with van der Waals surface area (Å²) in [6.07, 6.45) is -0.176. The third-order valence-corrected chi connectivity index (χ3v) is 3.79. The third-order valence-electron chi connectivity index (χ3n) is 2.52. The Hall–Kier alpha value is -1.76. The zero-order chi connectivity index (χ0) is 14.5. The fourth-order valence-electron chi connectivity index (χ4n) is 1.43. The van der Waals surface area contributed by atoms with Crippen LogP contribution in [0.2, 0.25) is 0 Å². The lowest BCUT2D eigenvalue weighted by atomic mass is 10.2. The molecule has 0 saturated heterocycles. The molecule has 106 valence electrons. The Morgan fingerprint density at radius 1 is 1.42 bits per heavy atom. The van der Waals surface area contributed by atoms with E-state index < -0.39 is 16.0 Å². The predicted molar refractivity (Wildman–Crippen MR) is 74.3 cm³/mol. The van der Waals surface area contributed by atoms with Crippen molar-refractivity contribution in [3.63, 3.8) is 0 Å². The van der Waals surface area contributed by atoms with Gasteiger partial charge >= 0.3 is 5.97 Å². The fourth-order valence-corrected chi connectivity index (χ4v) is 2.53. The largest absolute Gasteiger partial charge is 0.466 e. The van der Waals surface area contributed by atoms with Crippen LogP contribution in [-0.2, 0) is 19.6 Å². The van der Waals surface area contributed by atoms with Gasteiger partial charge in [0.15, 0.2) is 0 Å². The van der Waals surface area contributed by atoms with E-state index in [1.165, 1.54) is 0 Å². The number of benzene rings is 1. The van der Waals surface area contributed by atoms with Gasteiger partial charge in [-0.25, -0.2) is 8.42 Å². The van der Waals surface area contributed by atoms with Crippen molar-refractivity contribution in [1.29, 1.82) is 0 Å². The lowest BCUT2D eigenvalue weighted by molar-refractivity contribution is -0.142. The van der Waals surface area contributed by atoms with E-state index in [1.807, 2.05) is 0 Å². The van der Waals surface area contributed by atoms with Gasteiger partial charge in [-0.3, -0.25) is 9.52 Å². The highest BCUT2D eigenvalue weighted by atomic mass is 32.2. The lowest BCUT2D eigenvalue weighted by Crippen LogP contribution is -2.20. The van der Waals surface area contributed by atoms with Gasteiger partial charge in [0.1, 0.15) is 0 Å². The molecule has 0 fully saturated rings. The molecular weight excluding hydrogens is 268 g/mol. The van der Waals surface area contributed by atoms with E-state index in [1.54, 1.807) is 32.0 Å². The molecule has 1 aromatic rings. The Kier molecular flexibility index (Phi) is 5.17. The van der Waals surface area contributed by atoms with Crippen LogP contribution in [0.25, 0.3) is 0 Å². The first-order chi connectivity index (χ1) is 8.85. The van der Waals surface area contributed by atoms with Crippen LogP contribution in [0.15, 0.2) is 18.2 Å². The van der Waals surface area contributed by atoms with E-state index in [0.29, 0.717) is 16.9 Å². The summed E-state index contributed by atoms with van der Waals surface area (Å²) in [5, 5.41) is 0. The third kappa shape index (κ3) is 4.78. The first-order valence-corrected chi connectivity index (χ1v) is 7.52. The summed E-state index contributed by atoms with van der Waals surface area (Å²) in [4.78, 5) is 11.1. The highest BCUT2D eigenvalue weighted by Gasteiger charge is 2.15. The number of hydrogen-bond acceptors (Lipinski definition) is 5. The summed E-state index contributed by atoms with van der Waals surface area (Å²) in [6, 6.07) is 4.96. The lowest BCUT2D eigenvalue weighted by Gasteiger charge is -2.11. The first kappa shape index (κ1) is 15.3. The summed E-state index contributed by atoms with van der Waals surface area (Å²) in [6.45, 7) is 3.62. The molecule has 0 aliphatic rings. The summed E-state index contributed by atoms with van der Waals surface area (Å²) >= 11 is 0. The van der Waals surface area contributed by atoms with Gasteiger partial charge in [0.25, 0.3) is 0 Å². The van der Waals surface area contributed by atoms with Crippen LogP contribution in [0, 0.1) is 6.92 Å². The minimum absolute atomic E-state index is 0.176. The Balaban J connectivity index is 2.69. The molecule has 0 bridgehead atoms. The highest BCUT2D eigenvalue weighted by Crippen LogP contribution is 2.21. The van der Waals surface area contributed by atoms with Crippen molar-refractivity contribution in [1.82, 2.24) is 0 Å². The van der Waals surface area contributed by atoms with Gasteiger partial charge in [0.05, 0.1) is 24.5 Å². The van der Waals surface area contributed by atoms with E-state index in [2.05, 4.69) is 9.46 Å². The van der Waals surface area contributed by atoms with Gasteiger partial charge in [-0.05, 0) is 31.5 Å². The smallest absolute Gasteiger partial charge is 0.306 e. The summed E-state index contributed by atoms with van der Waals surface area (Å²) in [5.74, 6) is -0.850. The standard InChI is InChI=1S/C12H18N2O4S/c1-3-18-12(15)7-8-19(16,17)14-11-6-4-5-10(13)9(11)2/h4-6,14H,3,7-8,13H2,1-2H3. The molecular formula is C12H18N2O4S. The molecule has 0 heterocycles. The Bertz CT molecular complexity index is 555. The number of carbonyl (C=O) groups excluding carboxylic acids is 1. The quantitative estimate of drug-likeness (QED) is 0.606. The maximum Gasteiger partial charge on any atom is 0.306 e. The van der Waals surface area contributed by atoms with Crippen molar-refractivity contribution in [2.45, 2.75) is 20.3 Å². The molecule has 0 saturated carbocycles. The summed E-state index contributed by atoms with van der Waals surface area (Å²) < 4.78 is 30.7. The monoisotopic (exact) mass is 286 g/mol. The molecule has 0 atom stereocenters. The van der Waals surface area contributed by atoms with Gasteiger partial charge in [0.2, 0.25) is 10.0 Å². The molecule has 0 aliphatic heterocycles. The SMILES string of the molecule is CCOC(=O)CCS(=O)(=O)Nc1cccc(N)c1C. The number of sulfonamides is 1. The van der Waals surface area contributed by atoms with E-state index in [0.717, 1.165) is 0 Å².